The van der Waals surface area contributed by atoms with Gasteiger partial charge in [0.2, 0.25) is 0 Å². The molecule has 1 unspecified atom stereocenters. The van der Waals surface area contributed by atoms with Crippen LogP contribution in [0.4, 0.5) is 18.0 Å². The van der Waals surface area contributed by atoms with Crippen molar-refractivity contribution in [1.82, 2.24) is 10.2 Å². The summed E-state index contributed by atoms with van der Waals surface area (Å²) < 4.78 is 49.5. The molecule has 1 aliphatic rings. The van der Waals surface area contributed by atoms with Crippen LogP contribution in [0.3, 0.4) is 0 Å². The molecular formula is C17H21F3N2O5. The van der Waals surface area contributed by atoms with Gasteiger partial charge < -0.3 is 24.8 Å². The van der Waals surface area contributed by atoms with E-state index >= 15 is 0 Å². The van der Waals surface area contributed by atoms with E-state index < -0.39 is 49.2 Å². The highest BCUT2D eigenvalue weighted by Gasteiger charge is 2.53. The Morgan fingerprint density at radius 3 is 2.33 bits per heavy atom. The molecule has 2 rings (SSSR count). The minimum absolute atomic E-state index is 0.0514. The first-order valence-electron chi connectivity index (χ1n) is 8.24. The van der Waals surface area contributed by atoms with Crippen molar-refractivity contribution in [2.75, 3.05) is 26.7 Å². The van der Waals surface area contributed by atoms with Gasteiger partial charge in [-0.25, -0.2) is 4.79 Å². The molecule has 0 saturated carbocycles. The van der Waals surface area contributed by atoms with Crippen LogP contribution in [-0.2, 0) is 4.79 Å². The summed E-state index contributed by atoms with van der Waals surface area (Å²) in [5.41, 5.74) is 0. The number of methoxy groups -OCH3 is 1. The number of likely N-dealkylation sites (tertiary alicyclic amines) is 1. The van der Waals surface area contributed by atoms with E-state index in [1.807, 2.05) is 0 Å². The van der Waals surface area contributed by atoms with Gasteiger partial charge in [0.1, 0.15) is 17.6 Å². The monoisotopic (exact) mass is 390 g/mol. The fourth-order valence-corrected chi connectivity index (χ4v) is 2.82. The van der Waals surface area contributed by atoms with Gasteiger partial charge in [-0.15, -0.1) is 0 Å². The van der Waals surface area contributed by atoms with Crippen LogP contribution in [-0.4, -0.2) is 61.0 Å². The number of carbonyl (C=O) groups excluding carboxylic acids is 1. The Hall–Kier alpha value is -2.65. The number of alkyl halides is 3. The predicted octanol–water partition coefficient (Wildman–Crippen LogP) is 2.37. The van der Waals surface area contributed by atoms with E-state index in [1.54, 1.807) is 31.2 Å². The molecule has 1 heterocycles. The topological polar surface area (TPSA) is 88.1 Å². The first kappa shape index (κ1) is 20.7. The number of urea groups is 1. The van der Waals surface area contributed by atoms with Crippen LogP contribution in [0.25, 0.3) is 0 Å². The SMILES string of the molecule is COc1ccc(OC(C)CNC(=O)N2C[C@@H](C(F)(F)F)[C@H](C(=O)O)C2)cc1. The molecule has 10 heteroatoms. The maximum atomic E-state index is 13.0. The number of rotatable bonds is 6. The van der Waals surface area contributed by atoms with Gasteiger partial charge in [0.15, 0.2) is 0 Å². The van der Waals surface area contributed by atoms with E-state index in [2.05, 4.69) is 5.32 Å². The number of nitrogens with one attached hydrogen (secondary N) is 1. The van der Waals surface area contributed by atoms with Gasteiger partial charge in [0, 0.05) is 13.1 Å². The lowest BCUT2D eigenvalue weighted by molar-refractivity contribution is -0.187. The van der Waals surface area contributed by atoms with E-state index in [9.17, 15) is 22.8 Å². The van der Waals surface area contributed by atoms with Crippen molar-refractivity contribution in [2.45, 2.75) is 19.2 Å². The number of hydrogen-bond acceptors (Lipinski definition) is 4. The van der Waals surface area contributed by atoms with E-state index in [-0.39, 0.29) is 6.54 Å². The molecule has 7 nitrogen and oxygen atoms in total. The summed E-state index contributed by atoms with van der Waals surface area (Å²) in [5, 5.41) is 11.5. The van der Waals surface area contributed by atoms with Crippen molar-refractivity contribution in [2.24, 2.45) is 11.8 Å². The van der Waals surface area contributed by atoms with E-state index in [0.717, 1.165) is 4.90 Å². The fourth-order valence-electron chi connectivity index (χ4n) is 2.82. The molecule has 1 aromatic carbocycles. The summed E-state index contributed by atoms with van der Waals surface area (Å²) in [5.74, 6) is -4.10. The van der Waals surface area contributed by atoms with Gasteiger partial charge in [0.05, 0.1) is 25.5 Å². The van der Waals surface area contributed by atoms with Gasteiger partial charge in [-0.3, -0.25) is 4.79 Å². The van der Waals surface area contributed by atoms with Gasteiger partial charge in [-0.05, 0) is 31.2 Å². The summed E-state index contributed by atoms with van der Waals surface area (Å²) in [7, 11) is 1.53. The van der Waals surface area contributed by atoms with Crippen LogP contribution < -0.4 is 14.8 Å². The van der Waals surface area contributed by atoms with Gasteiger partial charge in [-0.1, -0.05) is 0 Å². The van der Waals surface area contributed by atoms with Crippen molar-refractivity contribution in [1.29, 1.82) is 0 Å². The number of nitrogens with zero attached hydrogens (tertiary/aromatic N) is 1. The van der Waals surface area contributed by atoms with Crippen molar-refractivity contribution < 1.29 is 37.3 Å². The number of halogens is 3. The van der Waals surface area contributed by atoms with Crippen LogP contribution in [0.15, 0.2) is 24.3 Å². The standard InChI is InChI=1S/C17H21F3N2O5/c1-10(27-12-5-3-11(26-2)4-6-12)7-21-16(25)22-8-13(15(23)24)14(9-22)17(18,19)20/h3-6,10,13-14H,7-9H2,1-2H3,(H,21,25)(H,23,24)/t10?,13-,14-/m1/s1. The van der Waals surface area contributed by atoms with Crippen LogP contribution in [0, 0.1) is 11.8 Å². The molecule has 0 spiro atoms. The number of amides is 2. The largest absolute Gasteiger partial charge is 0.497 e. The lowest BCUT2D eigenvalue weighted by Gasteiger charge is -2.20. The molecule has 2 amide bonds. The Morgan fingerprint density at radius 2 is 1.85 bits per heavy atom. The number of hydrogen-bond donors (Lipinski definition) is 2. The molecule has 27 heavy (non-hydrogen) atoms. The second kappa shape index (κ2) is 8.36. The Balaban J connectivity index is 1.86. The van der Waals surface area contributed by atoms with Crippen molar-refractivity contribution in [3.05, 3.63) is 24.3 Å². The Morgan fingerprint density at radius 1 is 1.26 bits per heavy atom. The minimum Gasteiger partial charge on any atom is -0.497 e. The zero-order valence-corrected chi connectivity index (χ0v) is 14.8. The predicted molar refractivity (Wildman–Crippen MR) is 88.7 cm³/mol. The normalized spacial score (nSPS) is 20.9. The highest BCUT2D eigenvalue weighted by atomic mass is 19.4. The smallest absolute Gasteiger partial charge is 0.394 e. The molecule has 1 aliphatic heterocycles. The lowest BCUT2D eigenvalue weighted by atomic mass is 9.96. The first-order valence-corrected chi connectivity index (χ1v) is 8.24. The second-order valence-electron chi connectivity index (χ2n) is 6.29. The van der Waals surface area contributed by atoms with E-state index in [4.69, 9.17) is 14.6 Å². The van der Waals surface area contributed by atoms with Crippen LogP contribution in [0.5, 0.6) is 11.5 Å². The van der Waals surface area contributed by atoms with Crippen molar-refractivity contribution in [3.63, 3.8) is 0 Å². The summed E-state index contributed by atoms with van der Waals surface area (Å²) in [6.07, 6.45) is -5.12. The molecule has 0 radical (unpaired) electrons. The zero-order chi connectivity index (χ0) is 20.2. The molecule has 3 atom stereocenters. The second-order valence-corrected chi connectivity index (χ2v) is 6.29. The molecular weight excluding hydrogens is 369 g/mol. The summed E-state index contributed by atoms with van der Waals surface area (Å²) in [4.78, 5) is 24.0. The number of benzene rings is 1. The number of carboxylic acid groups (broad SMARTS) is 1. The number of ether oxygens (including phenoxy) is 2. The van der Waals surface area contributed by atoms with Gasteiger partial charge in [-0.2, -0.15) is 13.2 Å². The van der Waals surface area contributed by atoms with Gasteiger partial charge >= 0.3 is 18.2 Å². The summed E-state index contributed by atoms with van der Waals surface area (Å²) in [6.45, 7) is 0.571. The average Bonchev–Trinajstić information content (AvgIpc) is 3.06. The number of carbonyl (C=O) groups is 2. The van der Waals surface area contributed by atoms with Gasteiger partial charge in [0.25, 0.3) is 0 Å². The molecule has 0 aliphatic carbocycles. The third-order valence-corrected chi connectivity index (χ3v) is 4.28. The Bertz CT molecular complexity index is 666. The maximum Gasteiger partial charge on any atom is 0.394 e. The fraction of sp³-hybridized carbons (Fsp3) is 0.529. The Labute approximate surface area is 154 Å². The minimum atomic E-state index is -4.68. The van der Waals surface area contributed by atoms with Crippen molar-refractivity contribution >= 4 is 12.0 Å². The molecule has 0 bridgehead atoms. The highest BCUT2D eigenvalue weighted by molar-refractivity contribution is 5.77. The third-order valence-electron chi connectivity index (χ3n) is 4.28. The van der Waals surface area contributed by atoms with Crippen LogP contribution in [0.2, 0.25) is 0 Å². The molecule has 150 valence electrons. The van der Waals surface area contributed by atoms with Crippen LogP contribution >= 0.6 is 0 Å². The third kappa shape index (κ3) is 5.41. The molecule has 1 aromatic rings. The molecule has 2 N–H and O–H groups in total. The molecule has 0 aromatic heterocycles. The zero-order valence-electron chi connectivity index (χ0n) is 14.8. The number of aliphatic carboxylic acids is 1. The quantitative estimate of drug-likeness (QED) is 0.779. The number of carboxylic acids is 1. The van der Waals surface area contributed by atoms with E-state index in [1.165, 1.54) is 7.11 Å². The maximum absolute atomic E-state index is 13.0. The van der Waals surface area contributed by atoms with E-state index in [0.29, 0.717) is 11.5 Å². The Kier molecular flexibility index (Phi) is 6.40. The van der Waals surface area contributed by atoms with Crippen LogP contribution in [0.1, 0.15) is 6.92 Å². The average molecular weight is 390 g/mol. The highest BCUT2D eigenvalue weighted by Crippen LogP contribution is 2.37. The summed E-state index contributed by atoms with van der Waals surface area (Å²) >= 11 is 0. The molecule has 1 saturated heterocycles. The summed E-state index contributed by atoms with van der Waals surface area (Å²) in [6, 6.07) is 6.02. The molecule has 1 fully saturated rings. The first-order chi connectivity index (χ1) is 12.6. The lowest BCUT2D eigenvalue weighted by Crippen LogP contribution is -2.43. The van der Waals surface area contributed by atoms with Crippen molar-refractivity contribution in [3.8, 4) is 11.5 Å².